The van der Waals surface area contributed by atoms with Crippen LogP contribution in [0.4, 0.5) is 17.1 Å². The maximum absolute atomic E-state index is 6.51. The summed E-state index contributed by atoms with van der Waals surface area (Å²) in [6.45, 7) is 4.63. The van der Waals surface area contributed by atoms with Crippen LogP contribution in [0.5, 0.6) is 0 Å². The summed E-state index contributed by atoms with van der Waals surface area (Å²) in [4.78, 5) is 12.2. The molecule has 7 aromatic rings. The third-order valence-corrected chi connectivity index (χ3v) is 10.2. The van der Waals surface area contributed by atoms with Crippen molar-refractivity contribution in [3.63, 3.8) is 0 Å². The van der Waals surface area contributed by atoms with Crippen LogP contribution < -0.4 is 4.90 Å². The Morgan fingerprint density at radius 1 is 0.792 bits per heavy atom. The predicted octanol–water partition coefficient (Wildman–Crippen LogP) is 9.33. The number of fused-ring (bicyclic) bond motifs is 8. The second-order valence-electron chi connectivity index (χ2n) is 13.2. The van der Waals surface area contributed by atoms with Gasteiger partial charge in [0, 0.05) is 23.8 Å². The third-order valence-electron chi connectivity index (χ3n) is 10.2. The van der Waals surface area contributed by atoms with Gasteiger partial charge in [-0.25, -0.2) is 4.98 Å². The van der Waals surface area contributed by atoms with Gasteiger partial charge < -0.3 is 14.2 Å². The molecule has 234 valence electrons. The van der Waals surface area contributed by atoms with Crippen LogP contribution in [-0.4, -0.2) is 21.6 Å². The minimum atomic E-state index is -0.261. The Kier molecular flexibility index (Phi) is 6.54. The van der Waals surface area contributed by atoms with Crippen LogP contribution in [0.2, 0.25) is 0 Å². The number of benzene rings is 5. The minimum Gasteiger partial charge on any atom is -0.514 e. The molecule has 0 unspecified atom stereocenters. The van der Waals surface area contributed by atoms with Gasteiger partial charge in [-0.2, -0.15) is 6.07 Å². The van der Waals surface area contributed by atoms with Gasteiger partial charge in [-0.15, -0.1) is 41.3 Å². The molecule has 2 atom stereocenters. The number of aliphatic imine (C=N–C) groups is 1. The van der Waals surface area contributed by atoms with E-state index in [-0.39, 0.29) is 38.6 Å². The number of ether oxygens (including phenoxy) is 1. The van der Waals surface area contributed by atoms with Crippen LogP contribution >= 0.6 is 0 Å². The largest absolute Gasteiger partial charge is 2.00 e. The molecule has 1 aliphatic carbocycles. The molecule has 0 saturated carbocycles. The molecule has 0 bridgehead atoms. The maximum atomic E-state index is 6.51. The standard InChI is InChI=1S/C42H30N4O.Pt/c1-42(2)32-17-6-8-19-35(32)45(28-14-11-13-27(22-28)41-44-40-29-15-4-3-12-26(29)23-38(40)47-41)37-25-36-31(24-33(37)42)30-16-5-7-18-34(30)46(36)39-20-9-10-21-43-39;/h3-21,24,38,40H,23H2,1-2H3;/q-2;+2/t38-,40+;/m0./s1. The summed E-state index contributed by atoms with van der Waals surface area (Å²) in [5.41, 5.74) is 10.8. The number of rotatable bonds is 3. The van der Waals surface area contributed by atoms with Crippen LogP contribution in [0.3, 0.4) is 0 Å². The molecule has 10 rings (SSSR count). The molecule has 0 radical (unpaired) electrons. The average Bonchev–Trinajstić information content (AvgIpc) is 3.78. The van der Waals surface area contributed by atoms with Gasteiger partial charge in [0.05, 0.1) is 0 Å². The first-order valence-electron chi connectivity index (χ1n) is 16.2. The fourth-order valence-electron chi connectivity index (χ4n) is 7.96. The molecule has 5 nitrogen and oxygen atoms in total. The Bertz CT molecular complexity index is 2430. The number of nitrogens with zero attached hydrogens (tertiary/aromatic N) is 4. The molecule has 0 N–H and O–H groups in total. The zero-order valence-corrected chi connectivity index (χ0v) is 28.7. The molecule has 0 spiro atoms. The van der Waals surface area contributed by atoms with Crippen LogP contribution in [0.1, 0.15) is 47.7 Å². The van der Waals surface area contributed by atoms with E-state index >= 15 is 0 Å². The Hall–Kier alpha value is -4.99. The molecule has 2 aliphatic heterocycles. The van der Waals surface area contributed by atoms with E-state index < -0.39 is 0 Å². The zero-order chi connectivity index (χ0) is 31.3. The molecule has 0 fully saturated rings. The van der Waals surface area contributed by atoms with Crippen molar-refractivity contribution >= 4 is 44.8 Å². The molecular weight excluding hydrogens is 772 g/mol. The average molecular weight is 802 g/mol. The zero-order valence-electron chi connectivity index (χ0n) is 26.4. The van der Waals surface area contributed by atoms with E-state index in [0.29, 0.717) is 5.90 Å². The van der Waals surface area contributed by atoms with Crippen molar-refractivity contribution in [2.45, 2.75) is 37.8 Å². The second kappa shape index (κ2) is 10.8. The van der Waals surface area contributed by atoms with E-state index in [1.54, 1.807) is 0 Å². The topological polar surface area (TPSA) is 42.7 Å². The summed E-state index contributed by atoms with van der Waals surface area (Å²) < 4.78 is 8.74. The van der Waals surface area contributed by atoms with Gasteiger partial charge in [0.1, 0.15) is 23.9 Å². The van der Waals surface area contributed by atoms with Gasteiger partial charge >= 0.3 is 21.1 Å². The van der Waals surface area contributed by atoms with Gasteiger partial charge in [-0.05, 0) is 57.4 Å². The van der Waals surface area contributed by atoms with Crippen LogP contribution in [0.15, 0.2) is 126 Å². The molecule has 0 saturated heterocycles. The van der Waals surface area contributed by atoms with E-state index in [9.17, 15) is 0 Å². The van der Waals surface area contributed by atoms with E-state index in [0.717, 1.165) is 51.3 Å². The monoisotopic (exact) mass is 801 g/mol. The van der Waals surface area contributed by atoms with Crippen molar-refractivity contribution < 1.29 is 25.8 Å². The van der Waals surface area contributed by atoms with Crippen LogP contribution in [-0.2, 0) is 37.6 Å². The quantitative estimate of drug-likeness (QED) is 0.168. The summed E-state index contributed by atoms with van der Waals surface area (Å²) in [5, 5.41) is 2.35. The molecule has 6 heteroatoms. The van der Waals surface area contributed by atoms with Crippen molar-refractivity contribution in [2.75, 3.05) is 4.90 Å². The van der Waals surface area contributed by atoms with Crippen LogP contribution in [0.25, 0.3) is 27.6 Å². The van der Waals surface area contributed by atoms with Crippen LogP contribution in [0, 0.1) is 12.1 Å². The molecule has 4 heterocycles. The molecule has 5 aromatic carbocycles. The molecule has 0 amide bonds. The number of para-hydroxylation sites is 2. The first-order valence-corrected chi connectivity index (χ1v) is 16.2. The summed E-state index contributed by atoms with van der Waals surface area (Å²) in [7, 11) is 0. The van der Waals surface area contributed by atoms with Gasteiger partial charge in [0.15, 0.2) is 0 Å². The van der Waals surface area contributed by atoms with Gasteiger partial charge in [-0.1, -0.05) is 97.3 Å². The van der Waals surface area contributed by atoms with E-state index in [1.807, 2.05) is 18.3 Å². The molecule has 3 aliphatic rings. The normalized spacial score (nSPS) is 18.4. The Morgan fingerprint density at radius 2 is 1.60 bits per heavy atom. The predicted molar refractivity (Wildman–Crippen MR) is 187 cm³/mol. The SMILES string of the molecule is CC1(C)c2cc3c4ccccc4n(-c4ccccn4)c3[c-]c2N(c2[c-]c(C3=N[C@@H]4c5ccccc5C[C@@H]4O3)ccc2)c2ccccc21.[Pt+2]. The molecular formula is C42H30N4OPt. The number of aromatic nitrogens is 2. The van der Waals surface area contributed by atoms with Gasteiger partial charge in [0.25, 0.3) is 0 Å². The van der Waals surface area contributed by atoms with Crippen molar-refractivity contribution in [3.8, 4) is 5.82 Å². The van der Waals surface area contributed by atoms with Gasteiger partial charge in [-0.3, -0.25) is 4.99 Å². The first kappa shape index (κ1) is 29.2. The third kappa shape index (κ3) is 4.13. The first-order chi connectivity index (χ1) is 23.1. The van der Waals surface area contributed by atoms with E-state index in [2.05, 4.69) is 139 Å². The summed E-state index contributed by atoms with van der Waals surface area (Å²) in [5.74, 6) is 1.53. The van der Waals surface area contributed by atoms with Gasteiger partial charge in [0.2, 0.25) is 0 Å². The van der Waals surface area contributed by atoms with E-state index in [1.165, 1.54) is 27.6 Å². The summed E-state index contributed by atoms with van der Waals surface area (Å²) in [6.07, 6.45) is 2.76. The number of pyridine rings is 1. The summed E-state index contributed by atoms with van der Waals surface area (Å²) in [6, 6.07) is 48.2. The molecule has 48 heavy (non-hydrogen) atoms. The number of hydrogen-bond donors (Lipinski definition) is 0. The molecule has 2 aromatic heterocycles. The number of anilines is 3. The Balaban J connectivity index is 0.00000314. The Labute approximate surface area is 293 Å². The van der Waals surface area contributed by atoms with Crippen molar-refractivity contribution in [2.24, 2.45) is 4.99 Å². The fraction of sp³-hybridized carbons (Fsp3) is 0.143. The number of hydrogen-bond acceptors (Lipinski definition) is 4. The fourth-order valence-corrected chi connectivity index (χ4v) is 7.96. The second-order valence-corrected chi connectivity index (χ2v) is 13.2. The van der Waals surface area contributed by atoms with Crippen molar-refractivity contribution in [1.82, 2.24) is 9.55 Å². The Morgan fingerprint density at radius 3 is 2.50 bits per heavy atom. The van der Waals surface area contributed by atoms with Crippen molar-refractivity contribution in [1.29, 1.82) is 0 Å². The summed E-state index contributed by atoms with van der Waals surface area (Å²) >= 11 is 0. The smallest absolute Gasteiger partial charge is 0.514 e. The van der Waals surface area contributed by atoms with E-state index in [4.69, 9.17) is 14.7 Å². The maximum Gasteiger partial charge on any atom is 2.00 e. The minimum absolute atomic E-state index is 0. The van der Waals surface area contributed by atoms with Crippen molar-refractivity contribution in [3.05, 3.63) is 161 Å².